The van der Waals surface area contributed by atoms with Crippen LogP contribution >= 0.6 is 23.2 Å². The number of para-hydroxylation sites is 1. The second kappa shape index (κ2) is 11.7. The second-order valence-corrected chi connectivity index (χ2v) is 9.80. The van der Waals surface area contributed by atoms with Crippen LogP contribution in [0.5, 0.6) is 11.5 Å². The molecule has 0 atom stereocenters. The quantitative estimate of drug-likeness (QED) is 0.226. The number of benzene rings is 3. The Bertz CT molecular complexity index is 1380. The SMILES string of the molecule is Cc1cc(OCc2c(C(C)C)cnn2-c2c(Cl)cccc2Cl)ccc1CCOc1ccc(C(=O)O)cc1. The summed E-state index contributed by atoms with van der Waals surface area (Å²) in [5.74, 6) is 0.679. The van der Waals surface area contributed by atoms with E-state index in [0.29, 0.717) is 41.1 Å². The molecule has 4 rings (SSSR count). The first kappa shape index (κ1) is 26.6. The molecular weight excluding hydrogens is 511 g/mol. The molecule has 1 N–H and O–H groups in total. The van der Waals surface area contributed by atoms with Gasteiger partial charge in [-0.2, -0.15) is 5.10 Å². The average molecular weight is 539 g/mol. The molecular formula is C29H28Cl2N2O4. The Morgan fingerprint density at radius 2 is 1.68 bits per heavy atom. The van der Waals surface area contributed by atoms with E-state index < -0.39 is 5.97 Å². The van der Waals surface area contributed by atoms with E-state index in [1.54, 1.807) is 28.9 Å². The summed E-state index contributed by atoms with van der Waals surface area (Å²) >= 11 is 12.9. The third-order valence-corrected chi connectivity index (χ3v) is 6.71. The maximum atomic E-state index is 11.0. The van der Waals surface area contributed by atoms with Gasteiger partial charge in [-0.25, -0.2) is 9.48 Å². The molecule has 1 heterocycles. The lowest BCUT2D eigenvalue weighted by Crippen LogP contribution is -2.09. The summed E-state index contributed by atoms with van der Waals surface area (Å²) in [5.41, 5.74) is 5.07. The Kier molecular flexibility index (Phi) is 8.41. The zero-order chi connectivity index (χ0) is 26.5. The Labute approximate surface area is 226 Å². The number of nitrogens with zero attached hydrogens (tertiary/aromatic N) is 2. The Balaban J connectivity index is 1.43. The van der Waals surface area contributed by atoms with Crippen LogP contribution in [0.15, 0.2) is 66.9 Å². The van der Waals surface area contributed by atoms with Gasteiger partial charge >= 0.3 is 5.97 Å². The number of halogens is 2. The van der Waals surface area contributed by atoms with Crippen LogP contribution in [0.4, 0.5) is 0 Å². The van der Waals surface area contributed by atoms with E-state index >= 15 is 0 Å². The van der Waals surface area contributed by atoms with Gasteiger partial charge < -0.3 is 14.6 Å². The van der Waals surface area contributed by atoms with Gasteiger partial charge in [0, 0.05) is 6.42 Å². The normalized spacial score (nSPS) is 11.1. The summed E-state index contributed by atoms with van der Waals surface area (Å²) in [6.07, 6.45) is 2.55. The maximum absolute atomic E-state index is 11.0. The molecule has 6 nitrogen and oxygen atoms in total. The van der Waals surface area contributed by atoms with Crippen LogP contribution in [0, 0.1) is 6.92 Å². The predicted octanol–water partition coefficient (Wildman–Crippen LogP) is 7.51. The molecule has 0 aliphatic carbocycles. The highest BCUT2D eigenvalue weighted by Gasteiger charge is 2.19. The molecule has 4 aromatic rings. The zero-order valence-corrected chi connectivity index (χ0v) is 22.4. The number of hydrogen-bond donors (Lipinski definition) is 1. The van der Waals surface area contributed by atoms with Crippen LogP contribution in [-0.2, 0) is 13.0 Å². The second-order valence-electron chi connectivity index (χ2n) is 8.99. The number of aromatic nitrogens is 2. The van der Waals surface area contributed by atoms with Crippen molar-refractivity contribution in [3.8, 4) is 17.2 Å². The fourth-order valence-electron chi connectivity index (χ4n) is 4.06. The number of aryl methyl sites for hydroxylation is 1. The molecule has 1 aromatic heterocycles. The highest BCUT2D eigenvalue weighted by molar-refractivity contribution is 6.37. The van der Waals surface area contributed by atoms with Gasteiger partial charge in [-0.05, 0) is 78.1 Å². The van der Waals surface area contributed by atoms with E-state index in [1.807, 2.05) is 37.4 Å². The molecule has 192 valence electrons. The van der Waals surface area contributed by atoms with Crippen molar-refractivity contribution in [3.05, 3.63) is 105 Å². The Morgan fingerprint density at radius 3 is 2.30 bits per heavy atom. The van der Waals surface area contributed by atoms with Crippen molar-refractivity contribution in [2.45, 2.75) is 39.7 Å². The molecule has 8 heteroatoms. The van der Waals surface area contributed by atoms with E-state index in [-0.39, 0.29) is 11.5 Å². The highest BCUT2D eigenvalue weighted by Crippen LogP contribution is 2.32. The summed E-state index contributed by atoms with van der Waals surface area (Å²) in [7, 11) is 0. The molecule has 0 fully saturated rings. The van der Waals surface area contributed by atoms with Crippen molar-refractivity contribution >= 4 is 29.2 Å². The first-order valence-corrected chi connectivity index (χ1v) is 12.7. The van der Waals surface area contributed by atoms with Crippen LogP contribution in [-0.4, -0.2) is 27.5 Å². The van der Waals surface area contributed by atoms with Crippen molar-refractivity contribution in [1.82, 2.24) is 9.78 Å². The third-order valence-electron chi connectivity index (χ3n) is 6.10. The minimum atomic E-state index is -0.956. The molecule has 0 saturated heterocycles. The molecule has 0 unspecified atom stereocenters. The van der Waals surface area contributed by atoms with E-state index in [9.17, 15) is 4.79 Å². The van der Waals surface area contributed by atoms with Gasteiger partial charge in [-0.15, -0.1) is 0 Å². The van der Waals surface area contributed by atoms with Gasteiger partial charge in [0.05, 0.1) is 34.1 Å². The van der Waals surface area contributed by atoms with E-state index in [1.165, 1.54) is 12.1 Å². The maximum Gasteiger partial charge on any atom is 0.335 e. The van der Waals surface area contributed by atoms with Crippen LogP contribution < -0.4 is 9.47 Å². The van der Waals surface area contributed by atoms with E-state index in [0.717, 1.165) is 28.1 Å². The lowest BCUT2D eigenvalue weighted by atomic mass is 10.0. The van der Waals surface area contributed by atoms with E-state index in [4.69, 9.17) is 37.8 Å². The van der Waals surface area contributed by atoms with Crippen LogP contribution in [0.2, 0.25) is 10.0 Å². The van der Waals surface area contributed by atoms with Gasteiger partial charge in [0.25, 0.3) is 0 Å². The van der Waals surface area contributed by atoms with Crippen molar-refractivity contribution in [1.29, 1.82) is 0 Å². The van der Waals surface area contributed by atoms with Crippen molar-refractivity contribution in [2.24, 2.45) is 0 Å². The number of carbonyl (C=O) groups is 1. The zero-order valence-electron chi connectivity index (χ0n) is 20.9. The Hall–Kier alpha value is -3.48. The van der Waals surface area contributed by atoms with Crippen LogP contribution in [0.25, 0.3) is 5.69 Å². The van der Waals surface area contributed by atoms with E-state index in [2.05, 4.69) is 18.9 Å². The summed E-state index contributed by atoms with van der Waals surface area (Å²) in [4.78, 5) is 11.0. The topological polar surface area (TPSA) is 73.6 Å². The number of aromatic carboxylic acids is 1. The number of ether oxygens (including phenoxy) is 2. The number of rotatable bonds is 10. The average Bonchev–Trinajstić information content (AvgIpc) is 3.28. The number of carboxylic acids is 1. The summed E-state index contributed by atoms with van der Waals surface area (Å²) in [6.45, 7) is 7.05. The molecule has 0 aliphatic heterocycles. The van der Waals surface area contributed by atoms with Gasteiger partial charge in [0.15, 0.2) is 0 Å². The van der Waals surface area contributed by atoms with Gasteiger partial charge in [0.2, 0.25) is 0 Å². The van der Waals surface area contributed by atoms with Crippen LogP contribution in [0.1, 0.15) is 52.5 Å². The predicted molar refractivity (Wildman–Crippen MR) is 146 cm³/mol. The largest absolute Gasteiger partial charge is 0.493 e. The number of hydrogen-bond acceptors (Lipinski definition) is 4. The standard InChI is InChI=1S/C29H28Cl2N2O4/c1-18(2)24-16-32-33(28-25(30)5-4-6-26(28)31)27(24)17-37-23-12-7-20(19(3)15-23)13-14-36-22-10-8-21(9-11-22)29(34)35/h4-12,15-16,18H,13-14,17H2,1-3H3,(H,34,35). The highest BCUT2D eigenvalue weighted by atomic mass is 35.5. The third kappa shape index (κ3) is 6.27. The van der Waals surface area contributed by atoms with Crippen molar-refractivity contribution in [3.63, 3.8) is 0 Å². The molecule has 0 saturated carbocycles. The van der Waals surface area contributed by atoms with Crippen LogP contribution in [0.3, 0.4) is 0 Å². The fraction of sp³-hybridized carbons (Fsp3) is 0.241. The molecule has 0 aliphatic rings. The van der Waals surface area contributed by atoms with Gasteiger partial charge in [-0.1, -0.05) is 49.2 Å². The summed E-state index contributed by atoms with van der Waals surface area (Å²) in [5, 5.41) is 14.6. The monoisotopic (exact) mass is 538 g/mol. The Morgan fingerprint density at radius 1 is 1.00 bits per heavy atom. The molecule has 37 heavy (non-hydrogen) atoms. The van der Waals surface area contributed by atoms with Gasteiger partial charge in [-0.3, -0.25) is 0 Å². The number of carboxylic acid groups (broad SMARTS) is 1. The lowest BCUT2D eigenvalue weighted by molar-refractivity contribution is 0.0697. The molecule has 3 aromatic carbocycles. The summed E-state index contributed by atoms with van der Waals surface area (Å²) < 4.78 is 13.7. The van der Waals surface area contributed by atoms with Crippen molar-refractivity contribution in [2.75, 3.05) is 6.61 Å². The van der Waals surface area contributed by atoms with Gasteiger partial charge in [0.1, 0.15) is 23.8 Å². The lowest BCUT2D eigenvalue weighted by Gasteiger charge is -2.15. The first-order valence-electron chi connectivity index (χ1n) is 11.9. The minimum Gasteiger partial charge on any atom is -0.493 e. The molecule has 0 spiro atoms. The summed E-state index contributed by atoms with van der Waals surface area (Å²) in [6, 6.07) is 17.8. The molecule has 0 bridgehead atoms. The minimum absolute atomic E-state index is 0.234. The van der Waals surface area contributed by atoms with Crippen molar-refractivity contribution < 1.29 is 19.4 Å². The smallest absolute Gasteiger partial charge is 0.335 e. The first-order chi connectivity index (χ1) is 17.7. The molecule has 0 amide bonds. The fourth-order valence-corrected chi connectivity index (χ4v) is 4.62. The molecule has 0 radical (unpaired) electrons.